The zero-order valence-corrected chi connectivity index (χ0v) is 11.8. The van der Waals surface area contributed by atoms with Crippen molar-refractivity contribution in [3.63, 3.8) is 0 Å². The Morgan fingerprint density at radius 1 is 1.42 bits per heavy atom. The van der Waals surface area contributed by atoms with Crippen molar-refractivity contribution in [1.82, 2.24) is 10.3 Å². The summed E-state index contributed by atoms with van der Waals surface area (Å²) in [6.45, 7) is 6.53. The van der Waals surface area contributed by atoms with E-state index in [4.69, 9.17) is 10.5 Å². The normalized spacial score (nSPS) is 12.8. The number of aromatic nitrogens is 1. The van der Waals surface area contributed by atoms with E-state index in [1.54, 1.807) is 12.4 Å². The fourth-order valence-corrected chi connectivity index (χ4v) is 1.63. The quantitative estimate of drug-likeness (QED) is 0.850. The lowest BCUT2D eigenvalue weighted by Crippen LogP contribution is -2.37. The van der Waals surface area contributed by atoms with Crippen LogP contribution in [0.5, 0.6) is 0 Å². The van der Waals surface area contributed by atoms with Gasteiger partial charge in [0.2, 0.25) is 0 Å². The molecule has 0 radical (unpaired) electrons. The number of pyridine rings is 1. The van der Waals surface area contributed by atoms with Gasteiger partial charge in [0.05, 0.1) is 0 Å². The smallest absolute Gasteiger partial charge is 0.407 e. The number of carbonyl (C=O) groups is 1. The van der Waals surface area contributed by atoms with Crippen LogP contribution in [0.4, 0.5) is 4.79 Å². The summed E-state index contributed by atoms with van der Waals surface area (Å²) < 4.78 is 5.18. The minimum atomic E-state index is -0.479. The first-order valence-corrected chi connectivity index (χ1v) is 6.46. The van der Waals surface area contributed by atoms with E-state index in [-0.39, 0.29) is 5.92 Å². The van der Waals surface area contributed by atoms with Crippen molar-refractivity contribution in [2.24, 2.45) is 11.7 Å². The molecule has 106 valence electrons. The van der Waals surface area contributed by atoms with Crippen LogP contribution < -0.4 is 11.1 Å². The number of carbonyl (C=O) groups excluding carboxylic acids is 1. The molecule has 3 N–H and O–H groups in total. The predicted octanol–water partition coefficient (Wildman–Crippen LogP) is 1.72. The molecule has 1 heterocycles. The van der Waals surface area contributed by atoms with Crippen molar-refractivity contribution >= 4 is 6.09 Å². The molecule has 1 rings (SSSR count). The van der Waals surface area contributed by atoms with Crippen molar-refractivity contribution in [3.05, 3.63) is 30.1 Å². The summed E-state index contributed by atoms with van der Waals surface area (Å²) in [7, 11) is 0. The van der Waals surface area contributed by atoms with Crippen LogP contribution in [-0.2, 0) is 11.2 Å². The van der Waals surface area contributed by atoms with Crippen LogP contribution in [0.15, 0.2) is 24.5 Å². The maximum Gasteiger partial charge on any atom is 0.407 e. The van der Waals surface area contributed by atoms with Crippen LogP contribution >= 0.6 is 0 Å². The van der Waals surface area contributed by atoms with Gasteiger partial charge in [-0.1, -0.05) is 0 Å². The molecule has 0 aliphatic heterocycles. The van der Waals surface area contributed by atoms with E-state index in [1.807, 2.05) is 32.9 Å². The van der Waals surface area contributed by atoms with Gasteiger partial charge < -0.3 is 15.8 Å². The van der Waals surface area contributed by atoms with Gasteiger partial charge in [-0.25, -0.2) is 4.79 Å². The van der Waals surface area contributed by atoms with Crippen molar-refractivity contribution in [2.75, 3.05) is 13.1 Å². The van der Waals surface area contributed by atoms with Crippen LogP contribution in [0.25, 0.3) is 0 Å². The molecular weight excluding hydrogens is 242 g/mol. The lowest BCUT2D eigenvalue weighted by molar-refractivity contribution is 0.0520. The van der Waals surface area contributed by atoms with Gasteiger partial charge in [-0.2, -0.15) is 0 Å². The molecule has 0 aliphatic rings. The summed E-state index contributed by atoms with van der Waals surface area (Å²) in [5.74, 6) is 0.190. The predicted molar refractivity (Wildman–Crippen MR) is 74.7 cm³/mol. The Kier molecular flexibility index (Phi) is 5.76. The first kappa shape index (κ1) is 15.4. The molecule has 0 spiro atoms. The Hall–Kier alpha value is -1.62. The lowest BCUT2D eigenvalue weighted by atomic mass is 10.0. The van der Waals surface area contributed by atoms with E-state index >= 15 is 0 Å². The zero-order chi connectivity index (χ0) is 14.3. The summed E-state index contributed by atoms with van der Waals surface area (Å²) in [4.78, 5) is 15.5. The number of nitrogens with zero attached hydrogens (tertiary/aromatic N) is 1. The van der Waals surface area contributed by atoms with Gasteiger partial charge in [0.15, 0.2) is 0 Å². The molecule has 0 saturated carbocycles. The molecule has 0 aliphatic carbocycles. The van der Waals surface area contributed by atoms with Gasteiger partial charge in [-0.15, -0.1) is 0 Å². The minimum Gasteiger partial charge on any atom is -0.444 e. The second kappa shape index (κ2) is 7.09. The first-order chi connectivity index (χ1) is 8.90. The van der Waals surface area contributed by atoms with Gasteiger partial charge in [0.25, 0.3) is 0 Å². The highest BCUT2D eigenvalue weighted by Crippen LogP contribution is 2.08. The highest BCUT2D eigenvalue weighted by molar-refractivity contribution is 5.67. The molecule has 0 bridgehead atoms. The highest BCUT2D eigenvalue weighted by Gasteiger charge is 2.17. The Balaban J connectivity index is 2.39. The molecule has 1 aromatic rings. The lowest BCUT2D eigenvalue weighted by Gasteiger charge is -2.21. The van der Waals surface area contributed by atoms with Gasteiger partial charge >= 0.3 is 6.09 Å². The standard InChI is InChI=1S/C14H23N3O2/c1-14(2,3)19-13(18)17-10-12(9-15)8-11-4-6-16-7-5-11/h4-7,12H,8-10,15H2,1-3H3,(H,17,18). The van der Waals surface area contributed by atoms with Gasteiger partial charge in [-0.05, 0) is 57.4 Å². The second-order valence-electron chi connectivity index (χ2n) is 5.54. The molecule has 1 aromatic heterocycles. The molecule has 5 heteroatoms. The number of alkyl carbamates (subject to hydrolysis) is 1. The summed E-state index contributed by atoms with van der Waals surface area (Å²) in [5, 5.41) is 2.75. The van der Waals surface area contributed by atoms with E-state index in [1.165, 1.54) is 0 Å². The SMILES string of the molecule is CC(C)(C)OC(=O)NCC(CN)Cc1ccncc1. The van der Waals surface area contributed by atoms with Crippen molar-refractivity contribution in [1.29, 1.82) is 0 Å². The number of nitrogens with two attached hydrogens (primary N) is 1. The van der Waals surface area contributed by atoms with Crippen molar-refractivity contribution in [3.8, 4) is 0 Å². The molecule has 1 atom stereocenters. The Bertz CT molecular complexity index is 387. The van der Waals surface area contributed by atoms with E-state index in [0.29, 0.717) is 13.1 Å². The molecule has 1 amide bonds. The molecule has 0 fully saturated rings. The third-order valence-corrected chi connectivity index (χ3v) is 2.54. The molecular formula is C14H23N3O2. The fourth-order valence-electron chi connectivity index (χ4n) is 1.63. The maximum atomic E-state index is 11.5. The number of amides is 1. The largest absolute Gasteiger partial charge is 0.444 e. The molecule has 0 aromatic carbocycles. The number of ether oxygens (including phenoxy) is 1. The highest BCUT2D eigenvalue weighted by atomic mass is 16.6. The van der Waals surface area contributed by atoms with Crippen molar-refractivity contribution < 1.29 is 9.53 Å². The summed E-state index contributed by atoms with van der Waals surface area (Å²) >= 11 is 0. The van der Waals surface area contributed by atoms with E-state index in [0.717, 1.165) is 12.0 Å². The summed E-state index contributed by atoms with van der Waals surface area (Å²) in [6.07, 6.45) is 3.92. The third-order valence-electron chi connectivity index (χ3n) is 2.54. The monoisotopic (exact) mass is 265 g/mol. The van der Waals surface area contributed by atoms with Crippen LogP contribution in [-0.4, -0.2) is 29.8 Å². The molecule has 1 unspecified atom stereocenters. The van der Waals surface area contributed by atoms with Crippen LogP contribution in [0.2, 0.25) is 0 Å². The van der Waals surface area contributed by atoms with Gasteiger partial charge in [0.1, 0.15) is 5.60 Å². The van der Waals surface area contributed by atoms with E-state index < -0.39 is 11.7 Å². The van der Waals surface area contributed by atoms with Gasteiger partial charge in [-0.3, -0.25) is 4.98 Å². The number of rotatable bonds is 5. The second-order valence-corrected chi connectivity index (χ2v) is 5.54. The molecule has 19 heavy (non-hydrogen) atoms. The zero-order valence-electron chi connectivity index (χ0n) is 11.8. The van der Waals surface area contributed by atoms with Crippen molar-refractivity contribution in [2.45, 2.75) is 32.8 Å². The Morgan fingerprint density at radius 3 is 2.58 bits per heavy atom. The average molecular weight is 265 g/mol. The van der Waals surface area contributed by atoms with Gasteiger partial charge in [0, 0.05) is 18.9 Å². The summed E-state index contributed by atoms with van der Waals surface area (Å²) in [6, 6.07) is 3.91. The number of hydrogen-bond donors (Lipinski definition) is 2. The maximum absolute atomic E-state index is 11.5. The van der Waals surface area contributed by atoms with Crippen LogP contribution in [0, 0.1) is 5.92 Å². The van der Waals surface area contributed by atoms with Crippen LogP contribution in [0.1, 0.15) is 26.3 Å². The fraction of sp³-hybridized carbons (Fsp3) is 0.571. The van der Waals surface area contributed by atoms with Crippen LogP contribution in [0.3, 0.4) is 0 Å². The molecule has 5 nitrogen and oxygen atoms in total. The third kappa shape index (κ3) is 6.76. The number of nitrogens with one attached hydrogen (secondary N) is 1. The average Bonchev–Trinajstić information content (AvgIpc) is 2.33. The Morgan fingerprint density at radius 2 is 2.05 bits per heavy atom. The topological polar surface area (TPSA) is 77.2 Å². The van der Waals surface area contributed by atoms with E-state index in [9.17, 15) is 4.79 Å². The Labute approximate surface area is 114 Å². The minimum absolute atomic E-state index is 0.190. The number of hydrogen-bond acceptors (Lipinski definition) is 4. The van der Waals surface area contributed by atoms with E-state index in [2.05, 4.69) is 10.3 Å². The first-order valence-electron chi connectivity index (χ1n) is 6.46. The molecule has 0 saturated heterocycles. The summed E-state index contributed by atoms with van der Waals surface area (Å²) in [5.41, 5.74) is 6.41.